The summed E-state index contributed by atoms with van der Waals surface area (Å²) < 4.78 is 27.1. The van der Waals surface area contributed by atoms with E-state index in [2.05, 4.69) is 4.72 Å². The third-order valence-electron chi connectivity index (χ3n) is 3.09. The van der Waals surface area contributed by atoms with E-state index in [1.807, 2.05) is 25.9 Å². The van der Waals surface area contributed by atoms with Gasteiger partial charge in [-0.05, 0) is 33.2 Å². The maximum absolute atomic E-state index is 12.3. The fourth-order valence-corrected chi connectivity index (χ4v) is 3.51. The second-order valence-corrected chi connectivity index (χ2v) is 7.23. The van der Waals surface area contributed by atoms with Gasteiger partial charge in [-0.25, -0.2) is 13.1 Å². The van der Waals surface area contributed by atoms with Crippen molar-refractivity contribution in [2.75, 3.05) is 20.6 Å². The van der Waals surface area contributed by atoms with Gasteiger partial charge >= 0.3 is 0 Å². The summed E-state index contributed by atoms with van der Waals surface area (Å²) >= 11 is 12.0. The van der Waals surface area contributed by atoms with E-state index >= 15 is 0 Å². The van der Waals surface area contributed by atoms with E-state index < -0.39 is 10.0 Å². The average molecular weight is 340 g/mol. The first-order valence-corrected chi connectivity index (χ1v) is 8.27. The van der Waals surface area contributed by atoms with Gasteiger partial charge in [0, 0.05) is 29.7 Å². The number of likely N-dealkylation sites (N-methyl/N-ethyl adjacent to an activating group) is 1. The molecule has 1 unspecified atom stereocenters. The molecule has 0 bridgehead atoms. The topological polar surface area (TPSA) is 75.4 Å². The van der Waals surface area contributed by atoms with Gasteiger partial charge in [-0.2, -0.15) is 0 Å². The Balaban J connectivity index is 3.05. The minimum Gasteiger partial charge on any atom is -0.326 e. The molecule has 1 aromatic carbocycles. The molecule has 8 heteroatoms. The predicted molar refractivity (Wildman–Crippen MR) is 82.7 cm³/mol. The minimum atomic E-state index is -3.69. The highest BCUT2D eigenvalue weighted by Crippen LogP contribution is 2.30. The molecule has 0 saturated carbocycles. The van der Waals surface area contributed by atoms with Crippen molar-refractivity contribution in [3.8, 4) is 0 Å². The largest absolute Gasteiger partial charge is 0.326 e. The number of nitrogens with two attached hydrogens (primary N) is 1. The molecule has 0 heterocycles. The quantitative estimate of drug-likeness (QED) is 0.826. The number of rotatable bonds is 6. The summed E-state index contributed by atoms with van der Waals surface area (Å²) in [7, 11) is 0.0598. The van der Waals surface area contributed by atoms with Crippen molar-refractivity contribution in [3.05, 3.63) is 27.7 Å². The van der Waals surface area contributed by atoms with Crippen LogP contribution in [0.1, 0.15) is 12.5 Å². The van der Waals surface area contributed by atoms with Gasteiger partial charge in [-0.3, -0.25) is 0 Å². The zero-order valence-electron chi connectivity index (χ0n) is 11.7. The Bertz CT molecular complexity index is 576. The molecular weight excluding hydrogens is 321 g/mol. The van der Waals surface area contributed by atoms with Gasteiger partial charge in [-0.15, -0.1) is 0 Å². The van der Waals surface area contributed by atoms with Crippen molar-refractivity contribution in [3.63, 3.8) is 0 Å². The Kier molecular flexibility index (Phi) is 6.25. The number of nitrogens with one attached hydrogen (secondary N) is 1. The molecule has 0 fully saturated rings. The molecular formula is C12H19Cl2N3O2S. The third-order valence-corrected chi connectivity index (χ3v) is 5.46. The highest BCUT2D eigenvalue weighted by molar-refractivity contribution is 7.89. The lowest BCUT2D eigenvalue weighted by atomic mass is 10.2. The van der Waals surface area contributed by atoms with Crippen LogP contribution in [0.5, 0.6) is 0 Å². The Morgan fingerprint density at radius 1 is 1.35 bits per heavy atom. The van der Waals surface area contributed by atoms with Crippen LogP contribution in [0.25, 0.3) is 0 Å². The van der Waals surface area contributed by atoms with Gasteiger partial charge in [0.15, 0.2) is 0 Å². The highest BCUT2D eigenvalue weighted by atomic mass is 35.5. The van der Waals surface area contributed by atoms with Crippen molar-refractivity contribution in [2.45, 2.75) is 24.4 Å². The van der Waals surface area contributed by atoms with Crippen LogP contribution in [-0.2, 0) is 16.6 Å². The molecule has 0 spiro atoms. The third kappa shape index (κ3) is 4.07. The summed E-state index contributed by atoms with van der Waals surface area (Å²) in [5.41, 5.74) is 5.96. The van der Waals surface area contributed by atoms with Crippen LogP contribution in [0, 0.1) is 0 Å². The monoisotopic (exact) mass is 339 g/mol. The van der Waals surface area contributed by atoms with Gasteiger partial charge in [0.2, 0.25) is 10.0 Å². The normalized spacial score (nSPS) is 13.8. The highest BCUT2D eigenvalue weighted by Gasteiger charge is 2.21. The summed E-state index contributed by atoms with van der Waals surface area (Å²) in [5.74, 6) is 0. The summed E-state index contributed by atoms with van der Waals surface area (Å²) in [6.07, 6.45) is 0. The van der Waals surface area contributed by atoms with Crippen LogP contribution < -0.4 is 10.5 Å². The van der Waals surface area contributed by atoms with Crippen LogP contribution >= 0.6 is 23.2 Å². The zero-order valence-corrected chi connectivity index (χ0v) is 14.0. The van der Waals surface area contributed by atoms with Crippen molar-refractivity contribution in [1.82, 2.24) is 9.62 Å². The summed E-state index contributed by atoms with van der Waals surface area (Å²) in [6, 6.07) is 2.93. The number of hydrogen-bond acceptors (Lipinski definition) is 4. The predicted octanol–water partition coefficient (Wildman–Crippen LogP) is 1.68. The standard InChI is InChI=1S/C12H19Cl2N3O2S/c1-8(17(2)3)7-16-20(18,19)11-5-4-10(13)9(6-15)12(11)14/h4-5,8,16H,6-7,15H2,1-3H3. The Morgan fingerprint density at radius 3 is 2.45 bits per heavy atom. The SMILES string of the molecule is CC(CNS(=O)(=O)c1ccc(Cl)c(CN)c1Cl)N(C)C. The fourth-order valence-electron chi connectivity index (χ4n) is 1.46. The smallest absolute Gasteiger partial charge is 0.242 e. The minimum absolute atomic E-state index is 0.00465. The average Bonchev–Trinajstić information content (AvgIpc) is 2.36. The number of halogens is 2. The Morgan fingerprint density at radius 2 is 1.95 bits per heavy atom. The van der Waals surface area contributed by atoms with E-state index in [0.29, 0.717) is 10.6 Å². The maximum atomic E-state index is 12.3. The molecule has 0 aromatic heterocycles. The first kappa shape index (κ1) is 17.7. The second-order valence-electron chi connectivity index (χ2n) is 4.71. The van der Waals surface area contributed by atoms with Gasteiger partial charge in [0.1, 0.15) is 4.90 Å². The molecule has 114 valence electrons. The number of sulfonamides is 1. The summed E-state index contributed by atoms with van der Waals surface area (Å²) in [6.45, 7) is 2.28. The molecule has 0 aliphatic heterocycles. The molecule has 1 atom stereocenters. The van der Waals surface area contributed by atoms with E-state index in [1.54, 1.807) is 0 Å². The maximum Gasteiger partial charge on any atom is 0.242 e. The number of hydrogen-bond donors (Lipinski definition) is 2. The van der Waals surface area contributed by atoms with Gasteiger partial charge in [0.25, 0.3) is 0 Å². The van der Waals surface area contributed by atoms with Crippen molar-refractivity contribution < 1.29 is 8.42 Å². The molecule has 5 nitrogen and oxygen atoms in total. The zero-order chi connectivity index (χ0) is 15.5. The number of nitrogens with zero attached hydrogens (tertiary/aromatic N) is 1. The molecule has 20 heavy (non-hydrogen) atoms. The second kappa shape index (κ2) is 7.06. The molecule has 0 aliphatic rings. The van der Waals surface area contributed by atoms with Crippen molar-refractivity contribution in [2.24, 2.45) is 5.73 Å². The van der Waals surface area contributed by atoms with Crippen molar-refractivity contribution >= 4 is 33.2 Å². The van der Waals surface area contributed by atoms with Crippen LogP contribution in [0.4, 0.5) is 0 Å². The first-order valence-electron chi connectivity index (χ1n) is 6.03. The van der Waals surface area contributed by atoms with E-state index in [0.717, 1.165) is 0 Å². The van der Waals surface area contributed by atoms with E-state index in [9.17, 15) is 8.42 Å². The fraction of sp³-hybridized carbons (Fsp3) is 0.500. The molecule has 1 rings (SSSR count). The van der Waals surface area contributed by atoms with Crippen LogP contribution in [0.3, 0.4) is 0 Å². The molecule has 3 N–H and O–H groups in total. The van der Waals surface area contributed by atoms with Crippen molar-refractivity contribution in [1.29, 1.82) is 0 Å². The molecule has 1 aromatic rings. The van der Waals surface area contributed by atoms with E-state index in [1.165, 1.54) is 12.1 Å². The number of benzene rings is 1. The summed E-state index contributed by atoms with van der Waals surface area (Å²) in [4.78, 5) is 1.91. The Labute approximate surface area is 130 Å². The molecule has 0 saturated heterocycles. The van der Waals surface area contributed by atoms with E-state index in [4.69, 9.17) is 28.9 Å². The first-order chi connectivity index (χ1) is 9.20. The van der Waals surface area contributed by atoms with Crippen LogP contribution in [0.2, 0.25) is 10.0 Å². The van der Waals surface area contributed by atoms with E-state index in [-0.39, 0.29) is 29.0 Å². The molecule has 0 radical (unpaired) electrons. The lowest BCUT2D eigenvalue weighted by Gasteiger charge is -2.20. The molecule has 0 aliphatic carbocycles. The molecule has 0 amide bonds. The summed E-state index contributed by atoms with van der Waals surface area (Å²) in [5, 5.41) is 0.433. The van der Waals surface area contributed by atoms with Gasteiger partial charge in [-0.1, -0.05) is 23.2 Å². The van der Waals surface area contributed by atoms with Gasteiger partial charge in [0.05, 0.1) is 5.02 Å². The lowest BCUT2D eigenvalue weighted by molar-refractivity contribution is 0.314. The van der Waals surface area contributed by atoms with Crippen LogP contribution in [0.15, 0.2) is 17.0 Å². The van der Waals surface area contributed by atoms with Gasteiger partial charge < -0.3 is 10.6 Å². The lowest BCUT2D eigenvalue weighted by Crippen LogP contribution is -2.38. The van der Waals surface area contributed by atoms with Crippen LogP contribution in [-0.4, -0.2) is 40.0 Å². The Hall–Kier alpha value is -0.370.